The van der Waals surface area contributed by atoms with Crippen LogP contribution in [0.1, 0.15) is 13.8 Å². The van der Waals surface area contributed by atoms with Crippen molar-refractivity contribution in [3.8, 4) is 0 Å². The zero-order chi connectivity index (χ0) is 19.3. The van der Waals surface area contributed by atoms with Crippen LogP contribution in [0.3, 0.4) is 0 Å². The second-order valence-electron chi connectivity index (χ2n) is 5.55. The van der Waals surface area contributed by atoms with Gasteiger partial charge in [0.25, 0.3) is 0 Å². The fourth-order valence-electron chi connectivity index (χ4n) is 2.09. The third kappa shape index (κ3) is 5.65. The Morgan fingerprint density at radius 2 is 1.65 bits per heavy atom. The highest BCUT2D eigenvalue weighted by Crippen LogP contribution is 2.17. The van der Waals surface area contributed by atoms with Gasteiger partial charge in [0, 0.05) is 22.8 Å². The van der Waals surface area contributed by atoms with Gasteiger partial charge in [-0.25, -0.2) is 8.42 Å². The van der Waals surface area contributed by atoms with Crippen molar-refractivity contribution >= 4 is 49.1 Å². The standard InChI is InChI=1S/C17H18BrN3O4S/c1-11(17(23)20-15-5-3-4-13(18)10-15)21-26(24,25)16-8-6-14(7-9-16)19-12(2)22/h3-11,21H,1-2H3,(H,19,22)(H,20,23). The average molecular weight is 440 g/mol. The van der Waals surface area contributed by atoms with Crippen molar-refractivity contribution in [1.29, 1.82) is 0 Å². The quantitative estimate of drug-likeness (QED) is 0.643. The number of hydrogen-bond donors (Lipinski definition) is 3. The number of carbonyl (C=O) groups excluding carboxylic acids is 2. The molecule has 3 N–H and O–H groups in total. The van der Waals surface area contributed by atoms with E-state index in [1.807, 2.05) is 6.07 Å². The van der Waals surface area contributed by atoms with Gasteiger partial charge in [-0.2, -0.15) is 4.72 Å². The summed E-state index contributed by atoms with van der Waals surface area (Å²) in [4.78, 5) is 23.2. The van der Waals surface area contributed by atoms with Crippen molar-refractivity contribution < 1.29 is 18.0 Å². The highest BCUT2D eigenvalue weighted by molar-refractivity contribution is 9.10. The molecule has 2 amide bonds. The summed E-state index contributed by atoms with van der Waals surface area (Å²) in [7, 11) is -3.88. The molecule has 1 unspecified atom stereocenters. The number of nitrogens with one attached hydrogen (secondary N) is 3. The van der Waals surface area contributed by atoms with Crippen LogP contribution in [0.15, 0.2) is 57.9 Å². The molecule has 0 saturated heterocycles. The second-order valence-corrected chi connectivity index (χ2v) is 8.18. The maximum absolute atomic E-state index is 12.4. The van der Waals surface area contributed by atoms with Gasteiger partial charge in [-0.15, -0.1) is 0 Å². The molecule has 0 heterocycles. The summed E-state index contributed by atoms with van der Waals surface area (Å²) in [5.74, 6) is -0.738. The maximum atomic E-state index is 12.4. The van der Waals surface area contributed by atoms with Gasteiger partial charge in [-0.1, -0.05) is 22.0 Å². The van der Waals surface area contributed by atoms with E-state index in [4.69, 9.17) is 0 Å². The minimum absolute atomic E-state index is 0.00583. The van der Waals surface area contributed by atoms with Gasteiger partial charge in [0.1, 0.15) is 0 Å². The first-order valence-corrected chi connectivity index (χ1v) is 9.91. The van der Waals surface area contributed by atoms with Crippen LogP contribution in [0.25, 0.3) is 0 Å². The average Bonchev–Trinajstić information content (AvgIpc) is 2.54. The zero-order valence-corrected chi connectivity index (χ0v) is 16.5. The van der Waals surface area contributed by atoms with Crippen molar-refractivity contribution in [2.45, 2.75) is 24.8 Å². The van der Waals surface area contributed by atoms with Crippen LogP contribution >= 0.6 is 15.9 Å². The molecule has 0 bridgehead atoms. The Kier molecular flexibility index (Phi) is 6.52. The number of benzene rings is 2. The minimum atomic E-state index is -3.88. The molecule has 0 fully saturated rings. The molecule has 0 aliphatic heterocycles. The molecule has 0 aliphatic rings. The molecule has 0 radical (unpaired) electrons. The van der Waals surface area contributed by atoms with E-state index in [0.717, 1.165) is 4.47 Å². The van der Waals surface area contributed by atoms with Crippen molar-refractivity contribution in [2.24, 2.45) is 0 Å². The van der Waals surface area contributed by atoms with Crippen LogP contribution in [0, 0.1) is 0 Å². The van der Waals surface area contributed by atoms with Crippen molar-refractivity contribution in [3.05, 3.63) is 53.0 Å². The summed E-state index contributed by atoms with van der Waals surface area (Å²) in [5, 5.41) is 5.20. The molecule has 138 valence electrons. The molecule has 26 heavy (non-hydrogen) atoms. The summed E-state index contributed by atoms with van der Waals surface area (Å²) >= 11 is 3.30. The van der Waals surface area contributed by atoms with Gasteiger partial charge in [0.15, 0.2) is 0 Å². The number of carbonyl (C=O) groups is 2. The number of amides is 2. The monoisotopic (exact) mass is 439 g/mol. The van der Waals surface area contributed by atoms with Gasteiger partial charge in [0.05, 0.1) is 10.9 Å². The first-order valence-electron chi connectivity index (χ1n) is 7.64. The lowest BCUT2D eigenvalue weighted by atomic mass is 10.3. The van der Waals surface area contributed by atoms with Crippen LogP contribution in [-0.4, -0.2) is 26.3 Å². The molecule has 0 aromatic heterocycles. The minimum Gasteiger partial charge on any atom is -0.326 e. The van der Waals surface area contributed by atoms with Gasteiger partial charge in [-0.3, -0.25) is 9.59 Å². The second kappa shape index (κ2) is 8.43. The topological polar surface area (TPSA) is 104 Å². The third-order valence-corrected chi connectivity index (χ3v) is 5.35. The number of rotatable bonds is 6. The Hall–Kier alpha value is -2.23. The van der Waals surface area contributed by atoms with Gasteiger partial charge in [0.2, 0.25) is 21.8 Å². The van der Waals surface area contributed by atoms with E-state index < -0.39 is 22.0 Å². The number of sulfonamides is 1. The molecule has 2 rings (SSSR count). The zero-order valence-electron chi connectivity index (χ0n) is 14.1. The van der Waals surface area contributed by atoms with E-state index in [-0.39, 0.29) is 10.8 Å². The van der Waals surface area contributed by atoms with Crippen LogP contribution < -0.4 is 15.4 Å². The summed E-state index contributed by atoms with van der Waals surface area (Å²) in [6.07, 6.45) is 0. The summed E-state index contributed by atoms with van der Waals surface area (Å²) < 4.78 is 27.9. The first kappa shape index (κ1) is 20.1. The molecule has 9 heteroatoms. The van der Waals surface area contributed by atoms with Crippen molar-refractivity contribution in [2.75, 3.05) is 10.6 Å². The third-order valence-electron chi connectivity index (χ3n) is 3.30. The smallest absolute Gasteiger partial charge is 0.242 e. The molecule has 1 atom stereocenters. The summed E-state index contributed by atoms with van der Waals surface area (Å²) in [6, 6.07) is 11.7. The number of anilines is 2. The van der Waals surface area contributed by atoms with E-state index in [2.05, 4.69) is 31.3 Å². The molecule has 7 nitrogen and oxygen atoms in total. The predicted molar refractivity (Wildman–Crippen MR) is 103 cm³/mol. The lowest BCUT2D eigenvalue weighted by Gasteiger charge is -2.15. The molecular formula is C17H18BrN3O4S. The van der Waals surface area contributed by atoms with Crippen LogP contribution in [-0.2, 0) is 19.6 Å². The number of hydrogen-bond acceptors (Lipinski definition) is 4. The molecule has 0 spiro atoms. The van der Waals surface area contributed by atoms with E-state index in [1.165, 1.54) is 38.1 Å². The van der Waals surface area contributed by atoms with E-state index in [9.17, 15) is 18.0 Å². The van der Waals surface area contributed by atoms with E-state index >= 15 is 0 Å². The fraction of sp³-hybridized carbons (Fsp3) is 0.176. The van der Waals surface area contributed by atoms with Crippen LogP contribution in [0.5, 0.6) is 0 Å². The Morgan fingerprint density at radius 3 is 2.23 bits per heavy atom. The Bertz CT molecular complexity index is 914. The van der Waals surface area contributed by atoms with Gasteiger partial charge >= 0.3 is 0 Å². The lowest BCUT2D eigenvalue weighted by Crippen LogP contribution is -2.41. The molecule has 2 aromatic rings. The Labute approximate surface area is 160 Å². The number of halogens is 1. The van der Waals surface area contributed by atoms with Crippen LogP contribution in [0.2, 0.25) is 0 Å². The molecule has 2 aromatic carbocycles. The highest BCUT2D eigenvalue weighted by atomic mass is 79.9. The molecule has 0 aliphatic carbocycles. The molecular weight excluding hydrogens is 422 g/mol. The van der Waals surface area contributed by atoms with Crippen LogP contribution in [0.4, 0.5) is 11.4 Å². The summed E-state index contributed by atoms with van der Waals surface area (Å²) in [5.41, 5.74) is 1.03. The van der Waals surface area contributed by atoms with Gasteiger partial charge < -0.3 is 10.6 Å². The van der Waals surface area contributed by atoms with Crippen molar-refractivity contribution in [3.63, 3.8) is 0 Å². The van der Waals surface area contributed by atoms with Crippen molar-refractivity contribution in [1.82, 2.24) is 4.72 Å². The first-order chi connectivity index (χ1) is 12.2. The maximum Gasteiger partial charge on any atom is 0.242 e. The van der Waals surface area contributed by atoms with E-state index in [0.29, 0.717) is 11.4 Å². The normalized spacial score (nSPS) is 12.3. The van der Waals surface area contributed by atoms with Gasteiger partial charge in [-0.05, 0) is 49.4 Å². The molecule has 0 saturated carbocycles. The lowest BCUT2D eigenvalue weighted by molar-refractivity contribution is -0.117. The SMILES string of the molecule is CC(=O)Nc1ccc(S(=O)(=O)NC(C)C(=O)Nc2cccc(Br)c2)cc1. The largest absolute Gasteiger partial charge is 0.326 e. The van der Waals surface area contributed by atoms with E-state index in [1.54, 1.807) is 18.2 Å². The highest BCUT2D eigenvalue weighted by Gasteiger charge is 2.22. The Balaban J connectivity index is 2.05. The summed E-state index contributed by atoms with van der Waals surface area (Å²) in [6.45, 7) is 2.81. The Morgan fingerprint density at radius 1 is 1.00 bits per heavy atom. The fourth-order valence-corrected chi connectivity index (χ4v) is 3.69. The predicted octanol–water partition coefficient (Wildman–Crippen LogP) is 2.71.